The molecule has 1 fully saturated rings. The van der Waals surface area contributed by atoms with Crippen molar-refractivity contribution in [3.8, 4) is 0 Å². The van der Waals surface area contributed by atoms with E-state index in [1.807, 2.05) is 0 Å². The molecule has 1 aliphatic carbocycles. The zero-order valence-electron chi connectivity index (χ0n) is 9.20. The molecule has 1 saturated carbocycles. The van der Waals surface area contributed by atoms with Crippen molar-refractivity contribution in [1.29, 1.82) is 0 Å². The third kappa shape index (κ3) is 2.84. The molecule has 0 aromatic carbocycles. The summed E-state index contributed by atoms with van der Waals surface area (Å²) in [6.45, 7) is 2.50. The van der Waals surface area contributed by atoms with Gasteiger partial charge in [0.1, 0.15) is 5.76 Å². The number of carbonyl (C=O) groups excluding carboxylic acids is 1. The van der Waals surface area contributed by atoms with Crippen LogP contribution in [0.15, 0.2) is 10.6 Å². The lowest BCUT2D eigenvalue weighted by Gasteiger charge is -2.09. The number of rotatable bonds is 3. The monoisotopic (exact) mass is 286 g/mol. The maximum atomic E-state index is 11.7. The second-order valence-corrected chi connectivity index (χ2v) is 5.60. The number of amides is 1. The van der Waals surface area contributed by atoms with Crippen LogP contribution in [0.3, 0.4) is 0 Å². The smallest absolute Gasteiger partial charge is 0.273 e. The lowest BCUT2D eigenvalue weighted by Crippen LogP contribution is -2.28. The number of aromatic nitrogens is 1. The van der Waals surface area contributed by atoms with Gasteiger partial charge < -0.3 is 9.84 Å². The molecule has 2 atom stereocenters. The van der Waals surface area contributed by atoms with Crippen LogP contribution in [-0.4, -0.2) is 22.4 Å². The average Bonchev–Trinajstić information content (AvgIpc) is 2.84. The molecule has 1 N–H and O–H groups in total. The van der Waals surface area contributed by atoms with E-state index in [9.17, 15) is 4.79 Å². The molecule has 0 bridgehead atoms. The van der Waals surface area contributed by atoms with Gasteiger partial charge >= 0.3 is 0 Å². The minimum atomic E-state index is -0.144. The normalized spacial score (nSPS) is 24.6. The Balaban J connectivity index is 1.80. The van der Waals surface area contributed by atoms with Crippen molar-refractivity contribution in [2.24, 2.45) is 5.92 Å². The van der Waals surface area contributed by atoms with Crippen molar-refractivity contribution < 1.29 is 9.32 Å². The Morgan fingerprint density at radius 3 is 3.06 bits per heavy atom. The molecule has 1 heterocycles. The Kier molecular flexibility index (Phi) is 3.63. The van der Waals surface area contributed by atoms with E-state index in [2.05, 4.69) is 26.4 Å². The Morgan fingerprint density at radius 1 is 1.69 bits per heavy atom. The number of hydrogen-bond donors (Lipinski definition) is 1. The van der Waals surface area contributed by atoms with Gasteiger partial charge in [0, 0.05) is 17.4 Å². The second-order valence-electron chi connectivity index (χ2n) is 4.31. The molecular weight excluding hydrogens is 272 g/mol. The van der Waals surface area contributed by atoms with Crippen molar-refractivity contribution in [2.75, 3.05) is 6.54 Å². The van der Waals surface area contributed by atoms with E-state index in [0.717, 1.165) is 13.0 Å². The van der Waals surface area contributed by atoms with E-state index in [-0.39, 0.29) is 5.91 Å². The van der Waals surface area contributed by atoms with E-state index in [0.29, 0.717) is 22.2 Å². The van der Waals surface area contributed by atoms with Crippen LogP contribution in [0.25, 0.3) is 0 Å². The van der Waals surface area contributed by atoms with Gasteiger partial charge in [0.05, 0.1) is 0 Å². The zero-order chi connectivity index (χ0) is 11.5. The maximum absolute atomic E-state index is 11.7. The van der Waals surface area contributed by atoms with E-state index in [1.165, 1.54) is 12.8 Å². The summed E-state index contributed by atoms with van der Waals surface area (Å²) in [5.41, 5.74) is 0.367. The summed E-state index contributed by atoms with van der Waals surface area (Å²) in [6.07, 6.45) is 3.51. The quantitative estimate of drug-likeness (QED) is 0.868. The fraction of sp³-hybridized carbons (Fsp3) is 0.636. The highest BCUT2D eigenvalue weighted by Gasteiger charge is 2.23. The summed E-state index contributed by atoms with van der Waals surface area (Å²) < 4.78 is 4.86. The van der Waals surface area contributed by atoms with Crippen molar-refractivity contribution in [3.05, 3.63) is 17.5 Å². The fourth-order valence-electron chi connectivity index (χ4n) is 2.00. The molecule has 88 valence electrons. The summed E-state index contributed by atoms with van der Waals surface area (Å²) in [4.78, 5) is 12.3. The van der Waals surface area contributed by atoms with Gasteiger partial charge in [-0.1, -0.05) is 21.1 Å². The third-order valence-corrected chi connectivity index (χ3v) is 3.72. The molecule has 0 saturated heterocycles. The number of hydrogen-bond acceptors (Lipinski definition) is 3. The molecule has 1 aliphatic rings. The predicted molar refractivity (Wildman–Crippen MR) is 63.6 cm³/mol. The Labute approximate surface area is 103 Å². The number of alkyl halides is 1. The van der Waals surface area contributed by atoms with Gasteiger partial charge in [-0.25, -0.2) is 0 Å². The molecule has 0 aliphatic heterocycles. The number of aryl methyl sites for hydroxylation is 1. The standard InChI is InChI=1S/C11H15BrN2O2/c1-7-4-10(14-16-7)11(15)13-6-8-2-3-9(12)5-8/h4,8-9H,2-3,5-6H2,1H3,(H,13,15). The summed E-state index contributed by atoms with van der Waals surface area (Å²) >= 11 is 3.59. The van der Waals surface area contributed by atoms with Crippen LogP contribution in [0, 0.1) is 12.8 Å². The molecular formula is C11H15BrN2O2. The SMILES string of the molecule is Cc1cc(C(=O)NCC2CCC(Br)C2)no1. The Bertz CT molecular complexity index is 378. The largest absolute Gasteiger partial charge is 0.361 e. The van der Waals surface area contributed by atoms with Crippen LogP contribution in [0.1, 0.15) is 35.5 Å². The molecule has 2 unspecified atom stereocenters. The van der Waals surface area contributed by atoms with Gasteiger partial charge in [0.2, 0.25) is 0 Å². The average molecular weight is 287 g/mol. The molecule has 1 aromatic heterocycles. The zero-order valence-corrected chi connectivity index (χ0v) is 10.8. The van der Waals surface area contributed by atoms with Crippen molar-refractivity contribution >= 4 is 21.8 Å². The summed E-state index contributed by atoms with van der Waals surface area (Å²) in [6, 6.07) is 1.65. The van der Waals surface area contributed by atoms with Crippen molar-refractivity contribution in [1.82, 2.24) is 10.5 Å². The van der Waals surface area contributed by atoms with E-state index in [1.54, 1.807) is 13.0 Å². The topological polar surface area (TPSA) is 55.1 Å². The first-order valence-corrected chi connectivity index (χ1v) is 6.42. The molecule has 0 spiro atoms. The van der Waals surface area contributed by atoms with Gasteiger partial charge in [-0.15, -0.1) is 0 Å². The van der Waals surface area contributed by atoms with Crippen molar-refractivity contribution in [3.63, 3.8) is 0 Å². The van der Waals surface area contributed by atoms with Gasteiger partial charge in [0.25, 0.3) is 5.91 Å². The number of nitrogens with one attached hydrogen (secondary N) is 1. The minimum Gasteiger partial charge on any atom is -0.361 e. The van der Waals surface area contributed by atoms with Crippen LogP contribution >= 0.6 is 15.9 Å². The van der Waals surface area contributed by atoms with E-state index in [4.69, 9.17) is 4.52 Å². The third-order valence-electron chi connectivity index (χ3n) is 2.89. The number of nitrogens with zero attached hydrogens (tertiary/aromatic N) is 1. The summed E-state index contributed by atoms with van der Waals surface area (Å²) in [5.74, 6) is 1.10. The molecule has 1 amide bonds. The maximum Gasteiger partial charge on any atom is 0.273 e. The second kappa shape index (κ2) is 4.99. The highest BCUT2D eigenvalue weighted by Crippen LogP contribution is 2.29. The van der Waals surface area contributed by atoms with Gasteiger partial charge in [-0.05, 0) is 32.1 Å². The predicted octanol–water partition coefficient (Wildman–Crippen LogP) is 2.28. The fourth-order valence-corrected chi connectivity index (χ4v) is 2.79. The van der Waals surface area contributed by atoms with Crippen molar-refractivity contribution in [2.45, 2.75) is 31.0 Å². The van der Waals surface area contributed by atoms with Crippen LogP contribution < -0.4 is 5.32 Å². The summed E-state index contributed by atoms with van der Waals surface area (Å²) in [7, 11) is 0. The molecule has 16 heavy (non-hydrogen) atoms. The number of halogens is 1. The van der Waals surface area contributed by atoms with E-state index < -0.39 is 0 Å². The first kappa shape index (κ1) is 11.6. The highest BCUT2D eigenvalue weighted by atomic mass is 79.9. The van der Waals surface area contributed by atoms with Gasteiger partial charge in [-0.3, -0.25) is 4.79 Å². The molecule has 2 rings (SSSR count). The van der Waals surface area contributed by atoms with E-state index >= 15 is 0 Å². The summed E-state index contributed by atoms with van der Waals surface area (Å²) in [5, 5.41) is 6.57. The van der Waals surface area contributed by atoms with Gasteiger partial charge in [-0.2, -0.15) is 0 Å². The first-order valence-electron chi connectivity index (χ1n) is 5.50. The van der Waals surface area contributed by atoms with Crippen LogP contribution in [0.2, 0.25) is 0 Å². The molecule has 5 heteroatoms. The first-order chi connectivity index (χ1) is 7.65. The minimum absolute atomic E-state index is 0.144. The van der Waals surface area contributed by atoms with Gasteiger partial charge in [0.15, 0.2) is 5.69 Å². The Hall–Kier alpha value is -0.840. The van der Waals surface area contributed by atoms with Crippen LogP contribution in [-0.2, 0) is 0 Å². The lowest BCUT2D eigenvalue weighted by molar-refractivity contribution is 0.0938. The number of carbonyl (C=O) groups is 1. The highest BCUT2D eigenvalue weighted by molar-refractivity contribution is 9.09. The lowest BCUT2D eigenvalue weighted by atomic mass is 10.1. The molecule has 0 radical (unpaired) electrons. The van der Waals surface area contributed by atoms with Crippen LogP contribution in [0.5, 0.6) is 0 Å². The van der Waals surface area contributed by atoms with Crippen LogP contribution in [0.4, 0.5) is 0 Å². The Morgan fingerprint density at radius 2 is 2.50 bits per heavy atom. The molecule has 1 aromatic rings. The molecule has 4 nitrogen and oxygen atoms in total.